The largest absolute Gasteiger partial charge is 0.503 e. The average molecular weight is 286 g/mol. The van der Waals surface area contributed by atoms with Gasteiger partial charge in [-0.25, -0.2) is 0 Å². The zero-order valence-corrected chi connectivity index (χ0v) is 10.7. The molecule has 0 saturated heterocycles. The van der Waals surface area contributed by atoms with E-state index in [1.807, 2.05) is 0 Å². The first-order valence-corrected chi connectivity index (χ1v) is 6.07. The van der Waals surface area contributed by atoms with Crippen LogP contribution in [0, 0.1) is 0 Å². The highest BCUT2D eigenvalue weighted by Gasteiger charge is 2.14. The maximum Gasteiger partial charge on any atom is 0.279 e. The Hall–Kier alpha value is -3.09. The molecule has 0 spiro atoms. The molecule has 3 rings (SSSR count). The van der Waals surface area contributed by atoms with Crippen LogP contribution in [0.15, 0.2) is 51.0 Å². The van der Waals surface area contributed by atoms with Gasteiger partial charge < -0.3 is 18.5 Å². The molecule has 7 heteroatoms. The van der Waals surface area contributed by atoms with Crippen LogP contribution in [0.5, 0.6) is 5.75 Å². The second-order valence-electron chi connectivity index (χ2n) is 4.45. The van der Waals surface area contributed by atoms with Gasteiger partial charge in [0.15, 0.2) is 17.6 Å². The van der Waals surface area contributed by atoms with Gasteiger partial charge in [0.1, 0.15) is 5.76 Å². The number of pyridine rings is 1. The van der Waals surface area contributed by atoms with Gasteiger partial charge in [0.25, 0.3) is 5.56 Å². The predicted octanol–water partition coefficient (Wildman–Crippen LogP) is 0.621. The van der Waals surface area contributed by atoms with Crippen LogP contribution in [-0.2, 0) is 6.54 Å². The van der Waals surface area contributed by atoms with Crippen molar-refractivity contribution in [2.75, 3.05) is 0 Å². The Kier molecular flexibility index (Phi) is 2.94. The molecule has 1 N–H and O–H groups in total. The van der Waals surface area contributed by atoms with E-state index in [1.165, 1.54) is 33.8 Å². The van der Waals surface area contributed by atoms with Gasteiger partial charge in [0.05, 0.1) is 18.4 Å². The molecule has 106 valence electrons. The van der Waals surface area contributed by atoms with E-state index in [9.17, 15) is 19.5 Å². The molecule has 0 aliphatic heterocycles. The van der Waals surface area contributed by atoms with Crippen molar-refractivity contribution in [3.05, 3.63) is 68.9 Å². The molecule has 0 unspecified atom stereocenters. The van der Waals surface area contributed by atoms with Crippen molar-refractivity contribution >= 4 is 11.8 Å². The molecule has 0 aliphatic rings. The van der Waals surface area contributed by atoms with E-state index in [0.717, 1.165) is 0 Å². The molecule has 3 aromatic heterocycles. The van der Waals surface area contributed by atoms with Crippen molar-refractivity contribution in [3.8, 4) is 5.75 Å². The van der Waals surface area contributed by atoms with Gasteiger partial charge in [-0.3, -0.25) is 14.4 Å². The molecule has 0 aromatic carbocycles. The minimum atomic E-state index is -0.863. The maximum absolute atomic E-state index is 12.3. The van der Waals surface area contributed by atoms with Crippen molar-refractivity contribution in [3.63, 3.8) is 0 Å². The molecule has 0 saturated carbocycles. The normalized spacial score (nSPS) is 10.9. The van der Waals surface area contributed by atoms with E-state index in [2.05, 4.69) is 0 Å². The third-order valence-corrected chi connectivity index (χ3v) is 3.14. The fourth-order valence-corrected chi connectivity index (χ4v) is 2.10. The van der Waals surface area contributed by atoms with Gasteiger partial charge in [0.2, 0.25) is 5.43 Å². The third kappa shape index (κ3) is 2.04. The number of fused-ring (bicyclic) bond motifs is 1. The first-order chi connectivity index (χ1) is 10.1. The Balaban J connectivity index is 2.26. The fourth-order valence-electron chi connectivity index (χ4n) is 2.10. The Morgan fingerprint density at radius 1 is 1.29 bits per heavy atom. The predicted molar refractivity (Wildman–Crippen MR) is 72.8 cm³/mol. The zero-order chi connectivity index (χ0) is 15.0. The molecular weight excluding hydrogens is 276 g/mol. The maximum atomic E-state index is 12.3. The zero-order valence-electron chi connectivity index (χ0n) is 10.7. The summed E-state index contributed by atoms with van der Waals surface area (Å²) in [5, 5.41) is 9.87. The molecule has 0 bridgehead atoms. The van der Waals surface area contributed by atoms with Gasteiger partial charge >= 0.3 is 0 Å². The quantitative estimate of drug-likeness (QED) is 0.712. The lowest BCUT2D eigenvalue weighted by molar-refractivity contribution is 0.112. The van der Waals surface area contributed by atoms with E-state index < -0.39 is 16.7 Å². The molecule has 7 nitrogen and oxygen atoms in total. The van der Waals surface area contributed by atoms with E-state index in [4.69, 9.17) is 4.42 Å². The number of carbonyl (C=O) groups is 1. The van der Waals surface area contributed by atoms with Crippen molar-refractivity contribution < 1.29 is 14.3 Å². The number of aromatic nitrogens is 2. The second-order valence-corrected chi connectivity index (χ2v) is 4.45. The van der Waals surface area contributed by atoms with Crippen LogP contribution in [-0.4, -0.2) is 20.4 Å². The molecule has 0 fully saturated rings. The number of aromatic hydroxyl groups is 1. The fraction of sp³-hybridized carbons (Fsp3) is 0.0714. The van der Waals surface area contributed by atoms with Gasteiger partial charge in [-0.15, -0.1) is 0 Å². The Morgan fingerprint density at radius 2 is 2.10 bits per heavy atom. The molecule has 0 amide bonds. The highest BCUT2D eigenvalue weighted by Crippen LogP contribution is 2.10. The minimum absolute atomic E-state index is 0.172. The van der Waals surface area contributed by atoms with E-state index in [1.54, 1.807) is 12.1 Å². The topological polar surface area (TPSA) is 93.9 Å². The van der Waals surface area contributed by atoms with Gasteiger partial charge in [-0.1, -0.05) is 0 Å². The second kappa shape index (κ2) is 4.78. The van der Waals surface area contributed by atoms with Crippen LogP contribution in [0.1, 0.15) is 16.1 Å². The molecule has 3 heterocycles. The van der Waals surface area contributed by atoms with Crippen molar-refractivity contribution in [1.82, 2.24) is 8.97 Å². The van der Waals surface area contributed by atoms with Gasteiger partial charge in [-0.2, -0.15) is 0 Å². The molecule has 21 heavy (non-hydrogen) atoms. The summed E-state index contributed by atoms with van der Waals surface area (Å²) < 4.78 is 7.71. The lowest BCUT2D eigenvalue weighted by Gasteiger charge is -2.08. The lowest BCUT2D eigenvalue weighted by Crippen LogP contribution is -2.25. The molecule has 0 atom stereocenters. The van der Waals surface area contributed by atoms with Gasteiger partial charge in [-0.05, 0) is 12.1 Å². The summed E-state index contributed by atoms with van der Waals surface area (Å²) in [5.74, 6) is -0.175. The first-order valence-electron chi connectivity index (χ1n) is 6.07. The molecular formula is C14H10N2O5. The Morgan fingerprint density at radius 3 is 2.76 bits per heavy atom. The molecule has 0 aliphatic carbocycles. The first kappa shape index (κ1) is 12.9. The summed E-state index contributed by atoms with van der Waals surface area (Å²) in [6, 6.07) is 3.40. The lowest BCUT2D eigenvalue weighted by atomic mass is 10.2. The van der Waals surface area contributed by atoms with Crippen molar-refractivity contribution in [1.29, 1.82) is 0 Å². The number of aldehydes is 1. The van der Waals surface area contributed by atoms with E-state index in [0.29, 0.717) is 12.0 Å². The smallest absolute Gasteiger partial charge is 0.279 e. The monoisotopic (exact) mass is 286 g/mol. The average Bonchev–Trinajstić information content (AvgIpc) is 2.98. The Bertz CT molecular complexity index is 934. The number of hydrogen-bond acceptors (Lipinski definition) is 5. The van der Waals surface area contributed by atoms with Crippen LogP contribution in [0.25, 0.3) is 5.52 Å². The number of furan rings is 1. The summed E-state index contributed by atoms with van der Waals surface area (Å²) in [6.07, 6.45) is 5.99. The number of rotatable bonds is 3. The van der Waals surface area contributed by atoms with Crippen LogP contribution >= 0.6 is 0 Å². The summed E-state index contributed by atoms with van der Waals surface area (Å²) in [6.45, 7) is 0.172. The molecule has 3 aromatic rings. The van der Waals surface area contributed by atoms with Gasteiger partial charge in [0, 0.05) is 18.6 Å². The highest BCUT2D eigenvalue weighted by atomic mass is 16.3. The van der Waals surface area contributed by atoms with Crippen LogP contribution < -0.4 is 11.0 Å². The summed E-state index contributed by atoms with van der Waals surface area (Å²) in [4.78, 5) is 34.8. The molecule has 0 radical (unpaired) electrons. The van der Waals surface area contributed by atoms with Crippen molar-refractivity contribution in [2.24, 2.45) is 0 Å². The van der Waals surface area contributed by atoms with Crippen LogP contribution in [0.3, 0.4) is 0 Å². The van der Waals surface area contributed by atoms with Crippen LogP contribution in [0.2, 0.25) is 0 Å². The summed E-state index contributed by atoms with van der Waals surface area (Å²) >= 11 is 0. The summed E-state index contributed by atoms with van der Waals surface area (Å²) in [5.41, 5.74) is -1.81. The summed E-state index contributed by atoms with van der Waals surface area (Å²) in [7, 11) is 0. The number of nitrogens with zero attached hydrogens (tertiary/aromatic N) is 2. The highest BCUT2D eigenvalue weighted by molar-refractivity contribution is 5.77. The van der Waals surface area contributed by atoms with E-state index >= 15 is 0 Å². The SMILES string of the molecule is O=Cc1cn2ccn(Cc3ccco3)c(=O)c2c(O)c1=O. The van der Waals surface area contributed by atoms with E-state index in [-0.39, 0.29) is 17.6 Å². The third-order valence-electron chi connectivity index (χ3n) is 3.14. The number of hydrogen-bond donors (Lipinski definition) is 1. The minimum Gasteiger partial charge on any atom is -0.503 e. The standard InChI is InChI=1S/C14H10N2O5/c17-8-9-6-15-3-4-16(7-10-2-1-5-21-10)14(20)11(15)13(19)12(9)18/h1-6,8,19H,7H2. The van der Waals surface area contributed by atoms with Crippen LogP contribution in [0.4, 0.5) is 0 Å². The van der Waals surface area contributed by atoms with Crippen molar-refractivity contribution in [2.45, 2.75) is 6.54 Å². The Labute approximate surface area is 117 Å². The number of carbonyl (C=O) groups excluding carboxylic acids is 1.